The molecular weight excluding hydrogens is 416 g/mol. The van der Waals surface area contributed by atoms with Crippen molar-refractivity contribution in [3.05, 3.63) is 65.7 Å². The van der Waals surface area contributed by atoms with Crippen LogP contribution in [0.25, 0.3) is 0 Å². The average Bonchev–Trinajstić information content (AvgIpc) is 3.13. The zero-order valence-corrected chi connectivity index (χ0v) is 17.6. The van der Waals surface area contributed by atoms with Crippen LogP contribution >= 0.6 is 23.1 Å². The molecule has 3 rings (SSSR count). The molecule has 1 aromatic heterocycles. The molecule has 0 bridgehead atoms. The molecule has 0 saturated carbocycles. The topological polar surface area (TPSA) is 92.3 Å². The zero-order valence-electron chi connectivity index (χ0n) is 15.2. The van der Waals surface area contributed by atoms with E-state index >= 15 is 0 Å². The second-order valence-corrected chi connectivity index (χ2v) is 10.1. The van der Waals surface area contributed by atoms with Gasteiger partial charge in [-0.05, 0) is 23.8 Å². The Hall–Kier alpha value is -2.43. The molecule has 1 N–H and O–H groups in total. The average molecular weight is 435 g/mol. The Morgan fingerprint density at radius 2 is 1.89 bits per heavy atom. The highest BCUT2D eigenvalue weighted by molar-refractivity contribution is 8.00. The third kappa shape index (κ3) is 5.31. The molecule has 0 saturated heterocycles. The Bertz CT molecular complexity index is 1070. The number of carbonyl (C=O) groups is 1. The predicted molar refractivity (Wildman–Crippen MR) is 114 cm³/mol. The fourth-order valence-corrected chi connectivity index (χ4v) is 4.44. The molecule has 0 radical (unpaired) electrons. The number of benzene rings is 2. The summed E-state index contributed by atoms with van der Waals surface area (Å²) < 4.78 is 25.2. The molecular formula is C18H18N4O3S3. The van der Waals surface area contributed by atoms with E-state index in [0.717, 1.165) is 20.7 Å². The fourth-order valence-electron chi connectivity index (χ4n) is 2.24. The molecule has 0 atom stereocenters. The van der Waals surface area contributed by atoms with Crippen LogP contribution in [-0.4, -0.2) is 37.8 Å². The van der Waals surface area contributed by atoms with E-state index in [-0.39, 0.29) is 5.91 Å². The lowest BCUT2D eigenvalue weighted by Crippen LogP contribution is -2.25. The molecule has 1 heterocycles. The van der Waals surface area contributed by atoms with Crippen LogP contribution in [0.1, 0.15) is 15.9 Å². The number of hydrogen-bond acceptors (Lipinski definition) is 7. The highest BCUT2D eigenvalue weighted by Crippen LogP contribution is 2.28. The number of aromatic nitrogens is 2. The van der Waals surface area contributed by atoms with Crippen molar-refractivity contribution in [1.29, 1.82) is 0 Å². The van der Waals surface area contributed by atoms with Crippen LogP contribution in [0, 0.1) is 0 Å². The van der Waals surface area contributed by atoms with Gasteiger partial charge in [0.15, 0.2) is 4.34 Å². The smallest absolute Gasteiger partial charge is 0.257 e. The number of nitrogens with zero attached hydrogens (tertiary/aromatic N) is 3. The summed E-state index contributed by atoms with van der Waals surface area (Å²) in [5, 5.41) is 11.2. The van der Waals surface area contributed by atoms with Gasteiger partial charge in [-0.15, -0.1) is 10.2 Å². The quantitative estimate of drug-likeness (QED) is 0.452. The van der Waals surface area contributed by atoms with E-state index in [1.807, 2.05) is 30.3 Å². The normalized spacial score (nSPS) is 11.2. The highest BCUT2D eigenvalue weighted by Gasteiger charge is 2.15. The van der Waals surface area contributed by atoms with Crippen molar-refractivity contribution < 1.29 is 13.2 Å². The molecule has 0 aliphatic rings. The molecule has 7 nitrogen and oxygen atoms in total. The number of thioether (sulfide) groups is 1. The van der Waals surface area contributed by atoms with Crippen molar-refractivity contribution in [2.24, 2.45) is 0 Å². The van der Waals surface area contributed by atoms with Gasteiger partial charge in [-0.3, -0.25) is 14.4 Å². The lowest BCUT2D eigenvalue weighted by Gasteiger charge is -2.17. The van der Waals surface area contributed by atoms with E-state index in [9.17, 15) is 13.2 Å². The van der Waals surface area contributed by atoms with Gasteiger partial charge in [-0.25, -0.2) is 8.42 Å². The third-order valence-electron chi connectivity index (χ3n) is 3.80. The van der Waals surface area contributed by atoms with E-state index in [0.29, 0.717) is 16.4 Å². The summed E-state index contributed by atoms with van der Waals surface area (Å²) in [5.41, 5.74) is 1.92. The molecule has 0 unspecified atom stereocenters. The van der Waals surface area contributed by atoms with Crippen molar-refractivity contribution in [2.45, 2.75) is 10.1 Å². The Morgan fingerprint density at radius 1 is 1.14 bits per heavy atom. The van der Waals surface area contributed by atoms with Crippen molar-refractivity contribution in [3.8, 4) is 0 Å². The standard InChI is InChI=1S/C18H18N4O3S3/c1-22(28(2,24)25)15-10-6-9-14(11-15)16(23)19-17-20-21-18(27-17)26-12-13-7-4-3-5-8-13/h3-11H,12H2,1-2H3,(H,19,20,23). The van der Waals surface area contributed by atoms with Crippen LogP contribution in [0.5, 0.6) is 0 Å². The van der Waals surface area contributed by atoms with Crippen molar-refractivity contribution in [2.75, 3.05) is 22.9 Å². The van der Waals surface area contributed by atoms with Gasteiger partial charge in [0.2, 0.25) is 15.2 Å². The Balaban J connectivity index is 1.64. The van der Waals surface area contributed by atoms with Gasteiger partial charge >= 0.3 is 0 Å². The van der Waals surface area contributed by atoms with Crippen LogP contribution in [0.2, 0.25) is 0 Å². The lowest BCUT2D eigenvalue weighted by molar-refractivity contribution is 0.102. The number of sulfonamides is 1. The van der Waals surface area contributed by atoms with Gasteiger partial charge in [0.1, 0.15) is 0 Å². The second kappa shape index (κ2) is 8.72. The summed E-state index contributed by atoms with van der Waals surface area (Å²) in [5.74, 6) is 0.392. The van der Waals surface area contributed by atoms with E-state index in [1.165, 1.54) is 30.0 Å². The second-order valence-electron chi connectivity index (χ2n) is 5.88. The molecule has 1 amide bonds. The van der Waals surface area contributed by atoms with Crippen LogP contribution in [-0.2, 0) is 15.8 Å². The minimum atomic E-state index is -3.40. The fraction of sp³-hybridized carbons (Fsp3) is 0.167. The van der Waals surface area contributed by atoms with Crippen LogP contribution in [0.4, 0.5) is 10.8 Å². The van der Waals surface area contributed by atoms with E-state index < -0.39 is 10.0 Å². The first-order valence-electron chi connectivity index (χ1n) is 8.18. The zero-order chi connectivity index (χ0) is 20.1. The van der Waals surface area contributed by atoms with Crippen LogP contribution in [0.15, 0.2) is 58.9 Å². The van der Waals surface area contributed by atoms with Crippen molar-refractivity contribution in [1.82, 2.24) is 10.2 Å². The van der Waals surface area contributed by atoms with Crippen molar-refractivity contribution >= 4 is 49.8 Å². The first-order valence-corrected chi connectivity index (χ1v) is 11.8. The number of amides is 1. The number of nitrogens with one attached hydrogen (secondary N) is 1. The molecule has 0 spiro atoms. The number of rotatable bonds is 7. The Labute approximate surface area is 171 Å². The summed E-state index contributed by atoms with van der Waals surface area (Å²) in [7, 11) is -1.97. The monoisotopic (exact) mass is 434 g/mol. The summed E-state index contributed by atoms with van der Waals surface area (Å²) >= 11 is 2.84. The first kappa shape index (κ1) is 20.3. The highest BCUT2D eigenvalue weighted by atomic mass is 32.2. The summed E-state index contributed by atoms with van der Waals surface area (Å²) in [4.78, 5) is 12.5. The Kier molecular flexibility index (Phi) is 6.32. The molecule has 0 aliphatic carbocycles. The SMILES string of the molecule is CN(c1cccc(C(=O)Nc2nnc(SCc3ccccc3)s2)c1)S(C)(=O)=O. The lowest BCUT2D eigenvalue weighted by atomic mass is 10.2. The maximum absolute atomic E-state index is 12.5. The molecule has 28 heavy (non-hydrogen) atoms. The molecule has 0 fully saturated rings. The van der Waals surface area contributed by atoms with E-state index in [2.05, 4.69) is 15.5 Å². The third-order valence-corrected chi connectivity index (χ3v) is 7.05. The number of anilines is 2. The van der Waals surface area contributed by atoms with E-state index in [4.69, 9.17) is 0 Å². The summed E-state index contributed by atoms with van der Waals surface area (Å²) in [6.45, 7) is 0. The first-order chi connectivity index (χ1) is 13.3. The van der Waals surface area contributed by atoms with Gasteiger partial charge < -0.3 is 0 Å². The molecule has 10 heteroatoms. The van der Waals surface area contributed by atoms with Gasteiger partial charge in [-0.2, -0.15) is 0 Å². The van der Waals surface area contributed by atoms with E-state index in [1.54, 1.807) is 30.0 Å². The van der Waals surface area contributed by atoms with Gasteiger partial charge in [0.05, 0.1) is 11.9 Å². The Morgan fingerprint density at radius 3 is 2.61 bits per heavy atom. The molecule has 3 aromatic rings. The maximum atomic E-state index is 12.5. The minimum absolute atomic E-state index is 0.335. The maximum Gasteiger partial charge on any atom is 0.257 e. The number of hydrogen-bond donors (Lipinski definition) is 1. The van der Waals surface area contributed by atoms with Gasteiger partial charge in [-0.1, -0.05) is 59.5 Å². The molecule has 146 valence electrons. The van der Waals surface area contributed by atoms with Gasteiger partial charge in [0, 0.05) is 18.4 Å². The minimum Gasteiger partial charge on any atom is -0.296 e. The van der Waals surface area contributed by atoms with Crippen molar-refractivity contribution in [3.63, 3.8) is 0 Å². The summed E-state index contributed by atoms with van der Waals surface area (Å²) in [6.07, 6.45) is 1.11. The van der Waals surface area contributed by atoms with Crippen LogP contribution < -0.4 is 9.62 Å². The predicted octanol–water partition coefficient (Wildman–Crippen LogP) is 3.48. The molecule has 0 aliphatic heterocycles. The summed E-state index contributed by atoms with van der Waals surface area (Å²) in [6, 6.07) is 16.4. The van der Waals surface area contributed by atoms with Gasteiger partial charge in [0.25, 0.3) is 5.91 Å². The number of carbonyl (C=O) groups excluding carboxylic acids is 1. The largest absolute Gasteiger partial charge is 0.296 e. The van der Waals surface area contributed by atoms with Crippen LogP contribution in [0.3, 0.4) is 0 Å². The molecule has 2 aromatic carbocycles.